The standard InChI is InChI=1S/C19H22N2O2/c1-16(23-18-10-6-3-7-11-18)19(22)21-14-12-20(13-15-21)17-8-4-2-5-9-17/h2-11,16H,12-15H2,1H3. The molecule has 1 fully saturated rings. The van der Waals surface area contributed by atoms with Crippen molar-refractivity contribution in [2.75, 3.05) is 31.1 Å². The number of piperazine rings is 1. The third kappa shape index (κ3) is 3.83. The maximum absolute atomic E-state index is 12.5. The molecule has 0 spiro atoms. The van der Waals surface area contributed by atoms with Crippen molar-refractivity contribution in [3.63, 3.8) is 0 Å². The van der Waals surface area contributed by atoms with E-state index in [-0.39, 0.29) is 5.91 Å². The van der Waals surface area contributed by atoms with Crippen molar-refractivity contribution in [2.45, 2.75) is 13.0 Å². The number of carbonyl (C=O) groups excluding carboxylic acids is 1. The van der Waals surface area contributed by atoms with Gasteiger partial charge in [-0.1, -0.05) is 36.4 Å². The van der Waals surface area contributed by atoms with Crippen molar-refractivity contribution in [3.8, 4) is 5.75 Å². The van der Waals surface area contributed by atoms with Crippen LogP contribution in [-0.2, 0) is 4.79 Å². The summed E-state index contributed by atoms with van der Waals surface area (Å²) < 4.78 is 5.74. The summed E-state index contributed by atoms with van der Waals surface area (Å²) in [6.45, 7) is 4.99. The van der Waals surface area contributed by atoms with Crippen LogP contribution < -0.4 is 9.64 Å². The van der Waals surface area contributed by atoms with E-state index in [0.717, 1.165) is 31.9 Å². The van der Waals surface area contributed by atoms with Gasteiger partial charge in [-0.2, -0.15) is 0 Å². The minimum Gasteiger partial charge on any atom is -0.481 e. The molecule has 0 aliphatic carbocycles. The molecular formula is C19H22N2O2. The molecule has 0 bridgehead atoms. The minimum atomic E-state index is -0.458. The van der Waals surface area contributed by atoms with Crippen LogP contribution >= 0.6 is 0 Å². The van der Waals surface area contributed by atoms with Gasteiger partial charge in [-0.3, -0.25) is 4.79 Å². The number of amides is 1. The molecule has 1 unspecified atom stereocenters. The summed E-state index contributed by atoms with van der Waals surface area (Å²) >= 11 is 0. The van der Waals surface area contributed by atoms with Gasteiger partial charge < -0.3 is 14.5 Å². The topological polar surface area (TPSA) is 32.8 Å². The van der Waals surface area contributed by atoms with Crippen molar-refractivity contribution in [2.24, 2.45) is 0 Å². The van der Waals surface area contributed by atoms with E-state index in [1.807, 2.05) is 60.4 Å². The first kappa shape index (κ1) is 15.4. The lowest BCUT2D eigenvalue weighted by atomic mass is 10.2. The summed E-state index contributed by atoms with van der Waals surface area (Å²) in [6, 6.07) is 19.8. The molecule has 120 valence electrons. The molecule has 0 aromatic heterocycles. The van der Waals surface area contributed by atoms with Gasteiger partial charge in [0.15, 0.2) is 6.10 Å². The van der Waals surface area contributed by atoms with Crippen LogP contribution in [0.25, 0.3) is 0 Å². The number of para-hydroxylation sites is 2. The van der Waals surface area contributed by atoms with Crippen LogP contribution in [0.4, 0.5) is 5.69 Å². The molecule has 1 aliphatic rings. The molecule has 1 atom stereocenters. The number of hydrogen-bond donors (Lipinski definition) is 0. The molecule has 2 aromatic carbocycles. The number of anilines is 1. The Kier molecular flexibility index (Phi) is 4.81. The first-order chi connectivity index (χ1) is 11.2. The molecular weight excluding hydrogens is 288 g/mol. The van der Waals surface area contributed by atoms with Crippen LogP contribution in [0.5, 0.6) is 5.75 Å². The van der Waals surface area contributed by atoms with Crippen molar-refractivity contribution in [1.29, 1.82) is 0 Å². The Morgan fingerprint density at radius 1 is 0.913 bits per heavy atom. The molecule has 3 rings (SSSR count). The molecule has 0 saturated carbocycles. The van der Waals surface area contributed by atoms with Crippen LogP contribution in [0.3, 0.4) is 0 Å². The zero-order valence-corrected chi connectivity index (χ0v) is 13.4. The highest BCUT2D eigenvalue weighted by Gasteiger charge is 2.26. The zero-order chi connectivity index (χ0) is 16.1. The molecule has 1 amide bonds. The second kappa shape index (κ2) is 7.18. The van der Waals surface area contributed by atoms with Crippen molar-refractivity contribution in [1.82, 2.24) is 4.90 Å². The van der Waals surface area contributed by atoms with E-state index in [1.165, 1.54) is 5.69 Å². The Bertz CT molecular complexity index is 622. The average molecular weight is 310 g/mol. The zero-order valence-electron chi connectivity index (χ0n) is 13.4. The van der Waals surface area contributed by atoms with Crippen LogP contribution in [0.15, 0.2) is 60.7 Å². The average Bonchev–Trinajstić information content (AvgIpc) is 2.63. The lowest BCUT2D eigenvalue weighted by Crippen LogP contribution is -2.52. The summed E-state index contributed by atoms with van der Waals surface area (Å²) in [6.07, 6.45) is -0.458. The molecule has 1 heterocycles. The van der Waals surface area contributed by atoms with Crippen LogP contribution in [-0.4, -0.2) is 43.1 Å². The van der Waals surface area contributed by atoms with Gasteiger partial charge in [-0.15, -0.1) is 0 Å². The van der Waals surface area contributed by atoms with Crippen molar-refractivity contribution >= 4 is 11.6 Å². The highest BCUT2D eigenvalue weighted by molar-refractivity contribution is 5.81. The quantitative estimate of drug-likeness (QED) is 0.870. The third-order valence-electron chi connectivity index (χ3n) is 4.12. The minimum absolute atomic E-state index is 0.0570. The Labute approximate surface area is 137 Å². The normalized spacial score (nSPS) is 16.0. The van der Waals surface area contributed by atoms with E-state index in [2.05, 4.69) is 17.0 Å². The number of ether oxygens (including phenoxy) is 1. The third-order valence-corrected chi connectivity index (χ3v) is 4.12. The van der Waals surface area contributed by atoms with Gasteiger partial charge >= 0.3 is 0 Å². The van der Waals surface area contributed by atoms with Gasteiger partial charge in [0.25, 0.3) is 5.91 Å². The lowest BCUT2D eigenvalue weighted by Gasteiger charge is -2.37. The Hall–Kier alpha value is -2.49. The van der Waals surface area contributed by atoms with E-state index in [4.69, 9.17) is 4.74 Å². The van der Waals surface area contributed by atoms with Gasteiger partial charge in [0.05, 0.1) is 0 Å². The summed E-state index contributed by atoms with van der Waals surface area (Å²) in [7, 11) is 0. The predicted molar refractivity (Wildman–Crippen MR) is 91.8 cm³/mol. The Balaban J connectivity index is 1.54. The number of nitrogens with zero attached hydrogens (tertiary/aromatic N) is 2. The molecule has 1 saturated heterocycles. The largest absolute Gasteiger partial charge is 0.481 e. The first-order valence-electron chi connectivity index (χ1n) is 8.04. The number of benzene rings is 2. The summed E-state index contributed by atoms with van der Waals surface area (Å²) in [5.41, 5.74) is 1.22. The maximum Gasteiger partial charge on any atom is 0.263 e. The van der Waals surface area contributed by atoms with Crippen molar-refractivity contribution in [3.05, 3.63) is 60.7 Å². The second-order valence-corrected chi connectivity index (χ2v) is 5.72. The molecule has 23 heavy (non-hydrogen) atoms. The van der Waals surface area contributed by atoms with Crippen LogP contribution in [0.1, 0.15) is 6.92 Å². The molecule has 0 radical (unpaired) electrons. The fraction of sp³-hybridized carbons (Fsp3) is 0.316. The molecule has 0 N–H and O–H groups in total. The maximum atomic E-state index is 12.5. The van der Waals surface area contributed by atoms with Gasteiger partial charge in [0, 0.05) is 31.9 Å². The summed E-state index contributed by atoms with van der Waals surface area (Å²) in [5, 5.41) is 0. The molecule has 1 aliphatic heterocycles. The van der Waals surface area contributed by atoms with Gasteiger partial charge in [0.1, 0.15) is 5.75 Å². The molecule has 4 heteroatoms. The predicted octanol–water partition coefficient (Wildman–Crippen LogP) is 2.80. The summed E-state index contributed by atoms with van der Waals surface area (Å²) in [5.74, 6) is 0.790. The highest BCUT2D eigenvalue weighted by Crippen LogP contribution is 2.17. The Morgan fingerprint density at radius 3 is 2.09 bits per heavy atom. The fourth-order valence-electron chi connectivity index (χ4n) is 2.83. The van der Waals surface area contributed by atoms with E-state index in [9.17, 15) is 4.79 Å². The summed E-state index contributed by atoms with van der Waals surface area (Å²) in [4.78, 5) is 16.7. The van der Waals surface area contributed by atoms with E-state index in [1.54, 1.807) is 0 Å². The SMILES string of the molecule is CC(Oc1ccccc1)C(=O)N1CCN(c2ccccc2)CC1. The number of hydrogen-bond acceptors (Lipinski definition) is 3. The number of carbonyl (C=O) groups is 1. The highest BCUT2D eigenvalue weighted by atomic mass is 16.5. The Morgan fingerprint density at radius 2 is 1.48 bits per heavy atom. The number of rotatable bonds is 4. The van der Waals surface area contributed by atoms with E-state index < -0.39 is 6.10 Å². The second-order valence-electron chi connectivity index (χ2n) is 5.72. The van der Waals surface area contributed by atoms with E-state index in [0.29, 0.717) is 0 Å². The molecule has 2 aromatic rings. The van der Waals surface area contributed by atoms with Gasteiger partial charge in [-0.05, 0) is 31.2 Å². The van der Waals surface area contributed by atoms with Gasteiger partial charge in [-0.25, -0.2) is 0 Å². The fourth-order valence-corrected chi connectivity index (χ4v) is 2.83. The smallest absolute Gasteiger partial charge is 0.263 e. The van der Waals surface area contributed by atoms with Crippen molar-refractivity contribution < 1.29 is 9.53 Å². The first-order valence-corrected chi connectivity index (χ1v) is 8.04. The van der Waals surface area contributed by atoms with Gasteiger partial charge in [0.2, 0.25) is 0 Å². The van der Waals surface area contributed by atoms with Crippen LogP contribution in [0.2, 0.25) is 0 Å². The van der Waals surface area contributed by atoms with E-state index >= 15 is 0 Å². The van der Waals surface area contributed by atoms with Crippen LogP contribution in [0, 0.1) is 0 Å². The molecule has 4 nitrogen and oxygen atoms in total. The monoisotopic (exact) mass is 310 g/mol. The lowest BCUT2D eigenvalue weighted by molar-refractivity contribution is -0.138.